The molecule has 0 saturated carbocycles. The molecule has 2 aliphatic rings. The van der Waals surface area contributed by atoms with Gasteiger partial charge in [-0.15, -0.1) is 0 Å². The van der Waals surface area contributed by atoms with E-state index in [9.17, 15) is 9.90 Å². The molecule has 0 radical (unpaired) electrons. The van der Waals surface area contributed by atoms with Gasteiger partial charge in [0.1, 0.15) is 11.5 Å². The van der Waals surface area contributed by atoms with Crippen LogP contribution in [0.1, 0.15) is 37.3 Å². The lowest BCUT2D eigenvalue weighted by Gasteiger charge is -2.30. The van der Waals surface area contributed by atoms with Crippen molar-refractivity contribution in [2.75, 3.05) is 26.3 Å². The van der Waals surface area contributed by atoms with Crippen molar-refractivity contribution in [1.82, 2.24) is 14.4 Å². The third kappa shape index (κ3) is 3.70. The van der Waals surface area contributed by atoms with Gasteiger partial charge >= 0.3 is 6.03 Å². The quantitative estimate of drug-likeness (QED) is 0.733. The summed E-state index contributed by atoms with van der Waals surface area (Å²) >= 11 is 1.49. The second-order valence-electron chi connectivity index (χ2n) is 7.83. The minimum atomic E-state index is -0.0630. The van der Waals surface area contributed by atoms with Crippen molar-refractivity contribution in [2.45, 2.75) is 40.2 Å². The maximum absolute atomic E-state index is 13.0. The maximum Gasteiger partial charge on any atom is 0.330 e. The van der Waals surface area contributed by atoms with Crippen molar-refractivity contribution >= 4 is 23.6 Å². The van der Waals surface area contributed by atoms with Crippen LogP contribution in [0, 0.1) is 13.8 Å². The number of benzene rings is 1. The number of hydrogen-bond donors (Lipinski definition) is 1. The molecule has 0 bridgehead atoms. The van der Waals surface area contributed by atoms with Crippen molar-refractivity contribution in [2.24, 2.45) is 0 Å². The highest BCUT2D eigenvalue weighted by atomic mass is 32.2. The van der Waals surface area contributed by atoms with Crippen LogP contribution in [0.2, 0.25) is 0 Å². The van der Waals surface area contributed by atoms with Crippen LogP contribution in [0.3, 0.4) is 0 Å². The minimum Gasteiger partial charge on any atom is -0.493 e. The number of fused-ring (bicyclic) bond motifs is 2. The molecule has 3 heterocycles. The summed E-state index contributed by atoms with van der Waals surface area (Å²) in [6, 6.07) is 6.14. The van der Waals surface area contributed by atoms with Gasteiger partial charge < -0.3 is 19.3 Å². The second-order valence-corrected chi connectivity index (χ2v) is 8.95. The fraction of sp³-hybridized carbons (Fsp3) is 0.455. The van der Waals surface area contributed by atoms with Gasteiger partial charge in [-0.1, -0.05) is 17.3 Å². The number of carbonyl (C=O) groups is 1. The first-order valence-corrected chi connectivity index (χ1v) is 11.0. The average Bonchev–Trinajstić information content (AvgIpc) is 3.24. The van der Waals surface area contributed by atoms with Crippen molar-refractivity contribution in [1.29, 1.82) is 0 Å². The van der Waals surface area contributed by atoms with Crippen molar-refractivity contribution < 1.29 is 19.2 Å². The molecular weight excluding hydrogens is 402 g/mol. The number of hydrogen-bond acceptors (Lipinski definition) is 6. The highest BCUT2D eigenvalue weighted by Gasteiger charge is 2.34. The van der Waals surface area contributed by atoms with E-state index in [0.29, 0.717) is 19.7 Å². The largest absolute Gasteiger partial charge is 0.493 e. The second kappa shape index (κ2) is 8.35. The standard InChI is InChI=1S/C22H27N3O4S/c1-13(2)24(8-9-26)22(27)25-12-18-17-6-5-16(21-14(3)23-29-15(21)4)11-19(17)28-10-7-20(18)30-25/h5-6,11,13,26H,7-10,12H2,1-4H3. The number of aryl methyl sites for hydroxylation is 2. The Morgan fingerprint density at radius 1 is 1.37 bits per heavy atom. The van der Waals surface area contributed by atoms with Crippen LogP contribution >= 0.6 is 11.9 Å². The lowest BCUT2D eigenvalue weighted by Crippen LogP contribution is -2.44. The number of rotatable bonds is 4. The highest BCUT2D eigenvalue weighted by Crippen LogP contribution is 2.46. The van der Waals surface area contributed by atoms with Gasteiger partial charge in [-0.05, 0) is 56.8 Å². The van der Waals surface area contributed by atoms with Gasteiger partial charge in [0.2, 0.25) is 0 Å². The number of aliphatic hydroxyl groups excluding tert-OH is 1. The Bertz CT molecular complexity index is 979. The summed E-state index contributed by atoms with van der Waals surface area (Å²) < 4.78 is 13.2. The molecule has 0 spiro atoms. The van der Waals surface area contributed by atoms with Gasteiger partial charge in [0, 0.05) is 35.0 Å². The van der Waals surface area contributed by atoms with Crippen molar-refractivity contribution in [3.05, 3.63) is 40.1 Å². The molecule has 1 aromatic heterocycles. The number of amides is 2. The lowest BCUT2D eigenvalue weighted by molar-refractivity contribution is 0.150. The summed E-state index contributed by atoms with van der Waals surface area (Å²) in [4.78, 5) is 15.9. The van der Waals surface area contributed by atoms with Crippen LogP contribution in [0.4, 0.5) is 4.79 Å². The van der Waals surface area contributed by atoms with Crippen LogP contribution in [0.5, 0.6) is 5.75 Å². The van der Waals surface area contributed by atoms with Gasteiger partial charge in [0.15, 0.2) is 0 Å². The van der Waals surface area contributed by atoms with E-state index in [0.717, 1.165) is 45.9 Å². The molecule has 2 aromatic rings. The normalized spacial score (nSPS) is 15.7. The number of aliphatic hydroxyl groups is 1. The van der Waals surface area contributed by atoms with Gasteiger partial charge in [-0.2, -0.15) is 0 Å². The molecule has 7 nitrogen and oxygen atoms in total. The third-order valence-corrected chi connectivity index (χ3v) is 6.67. The first kappa shape index (κ1) is 20.8. The Hall–Kier alpha value is -2.45. The Kier molecular flexibility index (Phi) is 5.79. The number of urea groups is 1. The smallest absolute Gasteiger partial charge is 0.330 e. The van der Waals surface area contributed by atoms with E-state index in [1.54, 1.807) is 9.21 Å². The fourth-order valence-corrected chi connectivity index (χ4v) is 5.11. The third-order valence-electron chi connectivity index (χ3n) is 5.50. The van der Waals surface area contributed by atoms with E-state index in [4.69, 9.17) is 9.26 Å². The van der Waals surface area contributed by atoms with Crippen LogP contribution in [-0.4, -0.2) is 57.8 Å². The van der Waals surface area contributed by atoms with Gasteiger partial charge in [0.05, 0.1) is 25.5 Å². The number of ether oxygens (including phenoxy) is 1. The Morgan fingerprint density at radius 2 is 2.17 bits per heavy atom. The topological polar surface area (TPSA) is 79.0 Å². The minimum absolute atomic E-state index is 0.0267. The monoisotopic (exact) mass is 429 g/mol. The molecule has 0 fully saturated rings. The summed E-state index contributed by atoms with van der Waals surface area (Å²) in [7, 11) is 0. The lowest BCUT2D eigenvalue weighted by atomic mass is 9.98. The van der Waals surface area contributed by atoms with Gasteiger partial charge in [0.25, 0.3) is 0 Å². The van der Waals surface area contributed by atoms with E-state index >= 15 is 0 Å². The zero-order chi connectivity index (χ0) is 21.4. The molecule has 0 unspecified atom stereocenters. The molecule has 1 aromatic carbocycles. The van der Waals surface area contributed by atoms with Crippen molar-refractivity contribution in [3.63, 3.8) is 0 Å². The molecular formula is C22H27N3O4S. The summed E-state index contributed by atoms with van der Waals surface area (Å²) in [5.41, 5.74) is 5.03. The Balaban J connectivity index is 1.62. The zero-order valence-corrected chi connectivity index (χ0v) is 18.6. The molecule has 1 N–H and O–H groups in total. The molecule has 0 aliphatic carbocycles. The van der Waals surface area contributed by atoms with E-state index in [1.165, 1.54) is 16.9 Å². The van der Waals surface area contributed by atoms with Crippen molar-refractivity contribution in [3.8, 4) is 16.9 Å². The van der Waals surface area contributed by atoms with E-state index in [2.05, 4.69) is 17.3 Å². The average molecular weight is 430 g/mol. The first-order valence-electron chi connectivity index (χ1n) is 10.2. The summed E-state index contributed by atoms with van der Waals surface area (Å²) in [6.07, 6.45) is 0.765. The summed E-state index contributed by atoms with van der Waals surface area (Å²) in [5.74, 6) is 1.61. The van der Waals surface area contributed by atoms with Crippen LogP contribution < -0.4 is 4.74 Å². The SMILES string of the molecule is Cc1noc(C)c1-c1ccc2c(c1)OCCC1=C2CN(C(=O)N(CCO)C(C)C)S1. The molecule has 30 heavy (non-hydrogen) atoms. The molecule has 4 rings (SSSR count). The van der Waals surface area contributed by atoms with Crippen LogP contribution in [0.25, 0.3) is 16.7 Å². The highest BCUT2D eigenvalue weighted by molar-refractivity contribution is 8.01. The van der Waals surface area contributed by atoms with Gasteiger partial charge in [-0.3, -0.25) is 4.31 Å². The van der Waals surface area contributed by atoms with E-state index < -0.39 is 0 Å². The molecule has 0 saturated heterocycles. The molecule has 2 aliphatic heterocycles. The summed E-state index contributed by atoms with van der Waals surface area (Å²) in [6.45, 7) is 9.15. The number of nitrogens with zero attached hydrogens (tertiary/aromatic N) is 3. The zero-order valence-electron chi connectivity index (χ0n) is 17.8. The Labute approximate surface area is 180 Å². The number of aromatic nitrogens is 1. The first-order chi connectivity index (χ1) is 14.4. The van der Waals surface area contributed by atoms with Crippen LogP contribution in [0.15, 0.2) is 27.6 Å². The molecule has 160 valence electrons. The van der Waals surface area contributed by atoms with Crippen LogP contribution in [-0.2, 0) is 0 Å². The van der Waals surface area contributed by atoms with E-state index in [1.807, 2.05) is 33.8 Å². The Morgan fingerprint density at radius 3 is 2.83 bits per heavy atom. The molecule has 2 amide bonds. The van der Waals surface area contributed by atoms with E-state index in [-0.39, 0.29) is 18.7 Å². The van der Waals surface area contributed by atoms with Gasteiger partial charge in [-0.25, -0.2) is 4.79 Å². The predicted octanol–water partition coefficient (Wildman–Crippen LogP) is 4.24. The summed E-state index contributed by atoms with van der Waals surface area (Å²) in [5, 5.41) is 13.4. The molecule has 0 atom stereocenters. The fourth-order valence-electron chi connectivity index (χ4n) is 4.01. The predicted molar refractivity (Wildman–Crippen MR) is 117 cm³/mol. The maximum atomic E-state index is 13.0. The number of carbonyl (C=O) groups excluding carboxylic acids is 1. The molecule has 8 heteroatoms.